The molecule has 0 aliphatic carbocycles. The second kappa shape index (κ2) is 7.90. The van der Waals surface area contributed by atoms with Crippen LogP contribution in [0.25, 0.3) is 0 Å². The van der Waals surface area contributed by atoms with Crippen molar-refractivity contribution in [3.05, 3.63) is 60.2 Å². The number of aliphatic hydroxyl groups excluding tert-OH is 1. The molecule has 1 atom stereocenters. The Bertz CT molecular complexity index is 663. The van der Waals surface area contributed by atoms with E-state index >= 15 is 0 Å². The molecule has 0 fully saturated rings. The first kappa shape index (κ1) is 16.4. The average molecular weight is 345 g/mol. The van der Waals surface area contributed by atoms with Crippen molar-refractivity contribution in [2.45, 2.75) is 10.9 Å². The van der Waals surface area contributed by atoms with Crippen molar-refractivity contribution in [3.63, 3.8) is 0 Å². The van der Waals surface area contributed by atoms with Crippen molar-refractivity contribution in [1.29, 1.82) is 0 Å². The van der Waals surface area contributed by atoms with Gasteiger partial charge in [-0.3, -0.25) is 4.79 Å². The minimum absolute atomic E-state index is 0.0540. The number of carbonyl (C=O) groups is 1. The highest BCUT2D eigenvalue weighted by Gasteiger charge is 2.32. The number of anilines is 1. The Morgan fingerprint density at radius 1 is 1.17 bits per heavy atom. The van der Waals surface area contributed by atoms with Gasteiger partial charge in [0.25, 0.3) is 0 Å². The van der Waals surface area contributed by atoms with E-state index in [-0.39, 0.29) is 18.6 Å². The number of hydrogen-bond donors (Lipinski definition) is 1. The third kappa shape index (κ3) is 3.74. The molecule has 0 radical (unpaired) electrons. The van der Waals surface area contributed by atoms with E-state index in [4.69, 9.17) is 5.11 Å². The first-order chi connectivity index (χ1) is 11.3. The predicted molar refractivity (Wildman–Crippen MR) is 98.2 cm³/mol. The van der Waals surface area contributed by atoms with Gasteiger partial charge in [-0.25, -0.2) is 0 Å². The Kier molecular flexibility index (Phi) is 5.65. The lowest BCUT2D eigenvalue weighted by Gasteiger charge is -2.37. The zero-order valence-corrected chi connectivity index (χ0v) is 14.4. The molecule has 1 N–H and O–H groups in total. The molecule has 0 saturated heterocycles. The second-order valence-corrected chi connectivity index (χ2v) is 7.41. The van der Waals surface area contributed by atoms with Gasteiger partial charge < -0.3 is 10.0 Å². The molecule has 1 aliphatic rings. The van der Waals surface area contributed by atoms with Gasteiger partial charge in [-0.05, 0) is 17.7 Å². The Morgan fingerprint density at radius 2 is 1.91 bits per heavy atom. The number of nitrogens with zero attached hydrogens (tertiary/aromatic N) is 1. The Balaban J connectivity index is 1.92. The molecule has 1 heterocycles. The molecular formula is C18H19NO2S2. The van der Waals surface area contributed by atoms with Crippen LogP contribution >= 0.6 is 23.5 Å². The number of fused-ring (bicyclic) bond motifs is 1. The molecular weight excluding hydrogens is 326 g/mol. The minimum Gasteiger partial charge on any atom is -0.396 e. The van der Waals surface area contributed by atoms with Gasteiger partial charge in [-0.1, -0.05) is 42.5 Å². The highest BCUT2D eigenvalue weighted by molar-refractivity contribution is 8.00. The lowest BCUT2D eigenvalue weighted by atomic mass is 10.1. The lowest BCUT2D eigenvalue weighted by molar-refractivity contribution is -0.116. The molecule has 2 aromatic carbocycles. The summed E-state index contributed by atoms with van der Waals surface area (Å²) in [7, 11) is 0. The summed E-state index contributed by atoms with van der Waals surface area (Å²) in [6.45, 7) is 0.104. The van der Waals surface area contributed by atoms with Crippen LogP contribution in [0, 0.1) is 0 Å². The van der Waals surface area contributed by atoms with Gasteiger partial charge >= 0.3 is 0 Å². The van der Waals surface area contributed by atoms with Gasteiger partial charge in [0.05, 0.1) is 24.1 Å². The number of aliphatic hydroxyl groups is 1. The predicted octanol–water partition coefficient (Wildman–Crippen LogP) is 3.59. The van der Waals surface area contributed by atoms with E-state index in [2.05, 4.69) is 18.2 Å². The van der Waals surface area contributed by atoms with Crippen LogP contribution in [0.15, 0.2) is 59.5 Å². The molecule has 0 aromatic heterocycles. The molecule has 0 bridgehead atoms. The van der Waals surface area contributed by atoms with Gasteiger partial charge in [0.2, 0.25) is 5.91 Å². The number of thioether (sulfide) groups is 2. The topological polar surface area (TPSA) is 40.5 Å². The van der Waals surface area contributed by atoms with Crippen molar-refractivity contribution in [2.75, 3.05) is 28.8 Å². The smallest absolute Gasteiger partial charge is 0.237 e. The fourth-order valence-corrected chi connectivity index (χ4v) is 4.47. The summed E-state index contributed by atoms with van der Waals surface area (Å²) in [5.74, 6) is 1.94. The summed E-state index contributed by atoms with van der Waals surface area (Å²) in [6.07, 6.45) is 0. The van der Waals surface area contributed by atoms with Crippen molar-refractivity contribution in [3.8, 4) is 0 Å². The van der Waals surface area contributed by atoms with E-state index in [0.717, 1.165) is 21.9 Å². The Labute approximate surface area is 145 Å². The third-order valence-corrected chi connectivity index (χ3v) is 5.81. The van der Waals surface area contributed by atoms with Crippen LogP contribution in [0.4, 0.5) is 5.69 Å². The first-order valence-electron chi connectivity index (χ1n) is 7.58. The van der Waals surface area contributed by atoms with Crippen LogP contribution < -0.4 is 4.90 Å². The maximum atomic E-state index is 12.8. The zero-order chi connectivity index (χ0) is 16.1. The van der Waals surface area contributed by atoms with Crippen molar-refractivity contribution in [1.82, 2.24) is 0 Å². The summed E-state index contributed by atoms with van der Waals surface area (Å²) in [6, 6.07) is 18.3. The number of amides is 1. The van der Waals surface area contributed by atoms with Crippen LogP contribution in [0.5, 0.6) is 0 Å². The molecule has 0 spiro atoms. The minimum atomic E-state index is 0.0540. The molecule has 23 heavy (non-hydrogen) atoms. The quantitative estimate of drug-likeness (QED) is 0.841. The van der Waals surface area contributed by atoms with E-state index < -0.39 is 0 Å². The molecule has 1 amide bonds. The van der Waals surface area contributed by atoms with E-state index in [9.17, 15) is 4.79 Å². The summed E-state index contributed by atoms with van der Waals surface area (Å²) in [5.41, 5.74) is 2.15. The van der Waals surface area contributed by atoms with Crippen LogP contribution in [-0.4, -0.2) is 34.9 Å². The summed E-state index contributed by atoms with van der Waals surface area (Å²) < 4.78 is 0. The maximum Gasteiger partial charge on any atom is 0.237 e. The Hall–Kier alpha value is -1.43. The van der Waals surface area contributed by atoms with Crippen molar-refractivity contribution in [2.24, 2.45) is 0 Å². The SMILES string of the molecule is O=C(CSCCO)N1c2ccccc2SC[C@H]1c1ccccc1. The molecule has 0 unspecified atom stereocenters. The lowest BCUT2D eigenvalue weighted by Crippen LogP contribution is -2.39. The largest absolute Gasteiger partial charge is 0.396 e. The molecule has 1 aliphatic heterocycles. The maximum absolute atomic E-state index is 12.8. The van der Waals surface area contributed by atoms with Crippen LogP contribution in [-0.2, 0) is 4.79 Å². The molecule has 120 valence electrons. The van der Waals surface area contributed by atoms with Gasteiger partial charge in [-0.15, -0.1) is 23.5 Å². The van der Waals surface area contributed by atoms with Gasteiger partial charge in [0.15, 0.2) is 0 Å². The van der Waals surface area contributed by atoms with Gasteiger partial charge in [-0.2, -0.15) is 0 Å². The second-order valence-electron chi connectivity index (χ2n) is 5.25. The third-order valence-electron chi connectivity index (χ3n) is 3.75. The highest BCUT2D eigenvalue weighted by Crippen LogP contribution is 2.43. The monoisotopic (exact) mass is 345 g/mol. The fraction of sp³-hybridized carbons (Fsp3) is 0.278. The Morgan fingerprint density at radius 3 is 2.70 bits per heavy atom. The summed E-state index contributed by atoms with van der Waals surface area (Å²) >= 11 is 3.28. The van der Waals surface area contributed by atoms with Crippen LogP contribution in [0.3, 0.4) is 0 Å². The van der Waals surface area contributed by atoms with E-state index in [0.29, 0.717) is 11.5 Å². The highest BCUT2D eigenvalue weighted by atomic mass is 32.2. The van der Waals surface area contributed by atoms with Crippen molar-refractivity contribution < 1.29 is 9.90 Å². The standard InChI is InChI=1S/C18H19NO2S2/c20-10-11-22-13-18(21)19-15-8-4-5-9-17(15)23-12-16(19)14-6-2-1-3-7-14/h1-9,16,20H,10-13H2/t16-/m0/s1. The number of para-hydroxylation sites is 1. The number of rotatable bonds is 5. The van der Waals surface area contributed by atoms with Gasteiger partial charge in [0.1, 0.15) is 0 Å². The fourth-order valence-electron chi connectivity index (χ4n) is 2.71. The molecule has 3 nitrogen and oxygen atoms in total. The first-order valence-corrected chi connectivity index (χ1v) is 9.72. The number of benzene rings is 2. The average Bonchev–Trinajstić information content (AvgIpc) is 2.61. The van der Waals surface area contributed by atoms with E-state index in [1.54, 1.807) is 11.8 Å². The van der Waals surface area contributed by atoms with Crippen LogP contribution in [0.2, 0.25) is 0 Å². The van der Waals surface area contributed by atoms with Crippen molar-refractivity contribution >= 4 is 35.1 Å². The van der Waals surface area contributed by atoms with Gasteiger partial charge in [0, 0.05) is 16.4 Å². The summed E-state index contributed by atoms with van der Waals surface area (Å²) in [4.78, 5) is 15.9. The van der Waals surface area contributed by atoms with Crippen LogP contribution in [0.1, 0.15) is 11.6 Å². The summed E-state index contributed by atoms with van der Waals surface area (Å²) in [5, 5.41) is 8.93. The number of carbonyl (C=O) groups excluding carboxylic acids is 1. The van der Waals surface area contributed by atoms with E-state index in [1.165, 1.54) is 11.8 Å². The zero-order valence-electron chi connectivity index (χ0n) is 12.7. The normalized spacial score (nSPS) is 16.9. The number of hydrogen-bond acceptors (Lipinski definition) is 4. The van der Waals surface area contributed by atoms with E-state index in [1.807, 2.05) is 41.3 Å². The molecule has 5 heteroatoms. The molecule has 0 saturated carbocycles. The molecule has 3 rings (SSSR count). The molecule has 2 aromatic rings.